The highest BCUT2D eigenvalue weighted by molar-refractivity contribution is 5.96. The topological polar surface area (TPSA) is 78.4 Å². The van der Waals surface area contributed by atoms with Crippen LogP contribution in [0.25, 0.3) is 10.8 Å². The van der Waals surface area contributed by atoms with Gasteiger partial charge in [-0.05, 0) is 29.5 Å². The van der Waals surface area contributed by atoms with Gasteiger partial charge in [0.15, 0.2) is 0 Å². The highest BCUT2D eigenvalue weighted by Gasteiger charge is 2.18. The molecule has 5 nitrogen and oxygen atoms in total. The average Bonchev–Trinajstić information content (AvgIpc) is 2.78. The summed E-state index contributed by atoms with van der Waals surface area (Å²) >= 11 is 0. The molecule has 0 unspecified atom stereocenters. The van der Waals surface area contributed by atoms with E-state index in [4.69, 9.17) is 0 Å². The second-order valence-corrected chi connectivity index (χ2v) is 6.98. The Labute approximate surface area is 173 Å². The quantitative estimate of drug-likeness (QED) is 0.511. The summed E-state index contributed by atoms with van der Waals surface area (Å²) in [5.74, 6) is -0.204. The number of nitriles is 1. The molecule has 0 aliphatic heterocycles. The summed E-state index contributed by atoms with van der Waals surface area (Å²) in [5, 5.41) is 22.5. The monoisotopic (exact) mass is 393 g/mol. The van der Waals surface area contributed by atoms with Crippen molar-refractivity contribution in [3.63, 3.8) is 0 Å². The van der Waals surface area contributed by atoms with Gasteiger partial charge in [-0.2, -0.15) is 5.26 Å². The van der Waals surface area contributed by atoms with E-state index in [2.05, 4.69) is 4.99 Å². The third-order valence-corrected chi connectivity index (χ3v) is 5.13. The molecule has 4 rings (SSSR count). The Bertz CT molecular complexity index is 1360. The van der Waals surface area contributed by atoms with Crippen molar-refractivity contribution in [2.75, 3.05) is 0 Å². The molecule has 3 aromatic carbocycles. The molecule has 0 aliphatic carbocycles. The third kappa shape index (κ3) is 3.47. The van der Waals surface area contributed by atoms with Crippen LogP contribution >= 0.6 is 0 Å². The largest absolute Gasteiger partial charge is 0.494 e. The first-order chi connectivity index (χ1) is 14.6. The number of pyridine rings is 1. The molecule has 5 heteroatoms. The maximum Gasteiger partial charge on any atom is 0.271 e. The maximum absolute atomic E-state index is 12.8. The van der Waals surface area contributed by atoms with E-state index in [1.165, 1.54) is 10.8 Å². The van der Waals surface area contributed by atoms with Gasteiger partial charge in [-0.25, -0.2) is 0 Å². The van der Waals surface area contributed by atoms with Gasteiger partial charge >= 0.3 is 0 Å². The van der Waals surface area contributed by atoms with Crippen LogP contribution in [0.5, 0.6) is 5.88 Å². The lowest BCUT2D eigenvalue weighted by Gasteiger charge is -2.14. The summed E-state index contributed by atoms with van der Waals surface area (Å²) in [6, 6.07) is 25.0. The number of rotatable bonds is 4. The molecule has 0 amide bonds. The SMILES string of the molecule is Cc1c(C=Nc2cccc3ccccc23)c(O)n(Cc2ccccc2)c(=O)c1C#N. The smallest absolute Gasteiger partial charge is 0.271 e. The predicted octanol–water partition coefficient (Wildman–Crippen LogP) is 4.69. The Morgan fingerprint density at radius 3 is 2.50 bits per heavy atom. The van der Waals surface area contributed by atoms with Gasteiger partial charge in [0.25, 0.3) is 5.56 Å². The zero-order valence-corrected chi connectivity index (χ0v) is 16.4. The van der Waals surface area contributed by atoms with E-state index in [0.717, 1.165) is 22.0 Å². The van der Waals surface area contributed by atoms with Gasteiger partial charge < -0.3 is 5.11 Å². The molecule has 146 valence electrons. The van der Waals surface area contributed by atoms with Crippen LogP contribution in [0, 0.1) is 18.3 Å². The predicted molar refractivity (Wildman–Crippen MR) is 119 cm³/mol. The van der Waals surface area contributed by atoms with E-state index in [1.54, 1.807) is 6.92 Å². The zero-order chi connectivity index (χ0) is 21.1. The maximum atomic E-state index is 12.8. The summed E-state index contributed by atoms with van der Waals surface area (Å²) < 4.78 is 1.21. The Kier molecular flexibility index (Phi) is 5.15. The number of hydrogen-bond acceptors (Lipinski definition) is 4. The van der Waals surface area contributed by atoms with Gasteiger partial charge in [0.1, 0.15) is 11.6 Å². The third-order valence-electron chi connectivity index (χ3n) is 5.13. The van der Waals surface area contributed by atoms with Crippen LogP contribution in [0.4, 0.5) is 5.69 Å². The lowest BCUT2D eigenvalue weighted by molar-refractivity contribution is 0.413. The molecule has 0 radical (unpaired) electrons. The highest BCUT2D eigenvalue weighted by atomic mass is 16.3. The molecule has 1 N–H and O–H groups in total. The molecule has 0 atom stereocenters. The molecule has 30 heavy (non-hydrogen) atoms. The highest BCUT2D eigenvalue weighted by Crippen LogP contribution is 2.27. The summed E-state index contributed by atoms with van der Waals surface area (Å²) in [4.78, 5) is 17.4. The Hall–Kier alpha value is -4.17. The minimum atomic E-state index is -0.515. The minimum Gasteiger partial charge on any atom is -0.494 e. The van der Waals surface area contributed by atoms with Gasteiger partial charge in [0, 0.05) is 11.6 Å². The average molecular weight is 393 g/mol. The number of nitrogens with zero attached hydrogens (tertiary/aromatic N) is 3. The minimum absolute atomic E-state index is 0.00287. The fourth-order valence-electron chi connectivity index (χ4n) is 3.49. The lowest BCUT2D eigenvalue weighted by Crippen LogP contribution is -2.25. The standard InChI is InChI=1S/C25H19N3O2/c1-17-21(14-26)24(29)28(16-18-8-3-2-4-9-18)25(30)22(17)15-27-23-13-7-11-19-10-5-6-12-20(19)23/h2-13,15,30H,16H2,1H3. The summed E-state index contributed by atoms with van der Waals surface area (Å²) in [5.41, 5.74) is 1.84. The number of benzene rings is 3. The van der Waals surface area contributed by atoms with Crippen molar-refractivity contribution >= 4 is 22.7 Å². The van der Waals surface area contributed by atoms with Crippen LogP contribution in [0.3, 0.4) is 0 Å². The van der Waals surface area contributed by atoms with Crippen LogP contribution in [0.15, 0.2) is 82.6 Å². The number of aromatic hydroxyl groups is 1. The second kappa shape index (κ2) is 8.06. The second-order valence-electron chi connectivity index (χ2n) is 6.98. The summed E-state index contributed by atoms with van der Waals surface area (Å²) in [7, 11) is 0. The number of aliphatic imine (C=N–C) groups is 1. The van der Waals surface area contributed by atoms with E-state index in [1.807, 2.05) is 78.9 Å². The van der Waals surface area contributed by atoms with E-state index in [-0.39, 0.29) is 18.0 Å². The molecule has 0 spiro atoms. The molecule has 1 aromatic heterocycles. The molecule has 1 heterocycles. The molecule has 0 saturated heterocycles. The van der Waals surface area contributed by atoms with E-state index < -0.39 is 5.56 Å². The first-order valence-corrected chi connectivity index (χ1v) is 9.52. The van der Waals surface area contributed by atoms with Crippen molar-refractivity contribution in [2.45, 2.75) is 13.5 Å². The van der Waals surface area contributed by atoms with Crippen molar-refractivity contribution in [3.05, 3.63) is 105 Å². The molecule has 0 saturated carbocycles. The lowest BCUT2D eigenvalue weighted by atomic mass is 10.1. The van der Waals surface area contributed by atoms with E-state index in [0.29, 0.717) is 11.1 Å². The number of hydrogen-bond donors (Lipinski definition) is 1. The van der Waals surface area contributed by atoms with Gasteiger partial charge in [-0.3, -0.25) is 14.4 Å². The zero-order valence-electron chi connectivity index (χ0n) is 16.4. The van der Waals surface area contributed by atoms with Crippen LogP contribution in [0.1, 0.15) is 22.3 Å². The van der Waals surface area contributed by atoms with Crippen LogP contribution in [-0.2, 0) is 6.54 Å². The first kappa shape index (κ1) is 19.2. The molecular weight excluding hydrogens is 374 g/mol. The van der Waals surface area contributed by atoms with E-state index >= 15 is 0 Å². The van der Waals surface area contributed by atoms with Crippen LogP contribution in [-0.4, -0.2) is 15.9 Å². The van der Waals surface area contributed by atoms with Crippen molar-refractivity contribution in [3.8, 4) is 11.9 Å². The molecule has 0 bridgehead atoms. The van der Waals surface area contributed by atoms with Gasteiger partial charge in [0.2, 0.25) is 5.88 Å². The molecule has 0 fully saturated rings. The summed E-state index contributed by atoms with van der Waals surface area (Å²) in [6.45, 7) is 1.81. The Balaban J connectivity index is 1.85. The number of fused-ring (bicyclic) bond motifs is 1. The number of aromatic nitrogens is 1. The fourth-order valence-corrected chi connectivity index (χ4v) is 3.49. The summed E-state index contributed by atoms with van der Waals surface area (Å²) in [6.07, 6.45) is 1.52. The first-order valence-electron chi connectivity index (χ1n) is 9.52. The van der Waals surface area contributed by atoms with Crippen LogP contribution < -0.4 is 5.56 Å². The van der Waals surface area contributed by atoms with Crippen LogP contribution in [0.2, 0.25) is 0 Å². The van der Waals surface area contributed by atoms with Gasteiger partial charge in [-0.15, -0.1) is 0 Å². The molecule has 0 aliphatic rings. The molecule has 4 aromatic rings. The van der Waals surface area contributed by atoms with Crippen molar-refractivity contribution in [1.82, 2.24) is 4.57 Å². The van der Waals surface area contributed by atoms with Gasteiger partial charge in [0.05, 0.1) is 17.8 Å². The molecular formula is C25H19N3O2. The fraction of sp³-hybridized carbons (Fsp3) is 0.0800. The van der Waals surface area contributed by atoms with Crippen molar-refractivity contribution in [2.24, 2.45) is 4.99 Å². The van der Waals surface area contributed by atoms with Gasteiger partial charge in [-0.1, -0.05) is 66.7 Å². The van der Waals surface area contributed by atoms with E-state index in [9.17, 15) is 15.2 Å². The normalized spacial score (nSPS) is 11.1. The Morgan fingerprint density at radius 1 is 1.03 bits per heavy atom. The Morgan fingerprint density at radius 2 is 1.73 bits per heavy atom. The van der Waals surface area contributed by atoms with Crippen molar-refractivity contribution < 1.29 is 5.11 Å². The van der Waals surface area contributed by atoms with Crippen molar-refractivity contribution in [1.29, 1.82) is 5.26 Å².